The van der Waals surface area contributed by atoms with E-state index < -0.39 is 11.1 Å². The largest absolute Gasteiger partial charge is 4.00 e. The minimum absolute atomic E-state index is 0. The molecule has 0 aliphatic carbocycles. The molecule has 1 aromatic heterocycles. The fourth-order valence-corrected chi connectivity index (χ4v) is 3.92. The van der Waals surface area contributed by atoms with Crippen LogP contribution in [-0.2, 0) is 25.9 Å². The molecule has 0 saturated heterocycles. The Kier molecular flexibility index (Phi) is 27.3. The zero-order chi connectivity index (χ0) is 25.7. The summed E-state index contributed by atoms with van der Waals surface area (Å²) < 4.78 is 0. The van der Waals surface area contributed by atoms with Gasteiger partial charge in [0.15, 0.2) is 0 Å². The normalized spacial score (nSPS) is 9.39. The van der Waals surface area contributed by atoms with Crippen LogP contribution in [0, 0.1) is 15.3 Å². The molecule has 1 heterocycles. The molecule has 214 valence electrons. The van der Waals surface area contributed by atoms with Crippen molar-refractivity contribution < 1.29 is 36.1 Å². The van der Waals surface area contributed by atoms with E-state index in [0.717, 1.165) is 18.4 Å². The van der Waals surface area contributed by atoms with Gasteiger partial charge in [-0.2, -0.15) is 0 Å². The van der Waals surface area contributed by atoms with Gasteiger partial charge in [0.25, 0.3) is 0 Å². The van der Waals surface area contributed by atoms with E-state index >= 15 is 0 Å². The quantitative estimate of drug-likeness (QED) is 0.0741. The maximum Gasteiger partial charge on any atom is 4.00 e. The van der Waals surface area contributed by atoms with Crippen molar-refractivity contribution in [2.45, 2.75) is 90.4 Å². The Morgan fingerprint density at radius 2 is 1.16 bits per heavy atom. The third-order valence-electron chi connectivity index (χ3n) is 5.73. The maximum absolute atomic E-state index is 10.2. The molecule has 0 atom stereocenters. The van der Waals surface area contributed by atoms with E-state index in [1.54, 1.807) is 0 Å². The van der Waals surface area contributed by atoms with E-state index in [9.17, 15) is 9.90 Å². The van der Waals surface area contributed by atoms with Crippen molar-refractivity contribution in [2.24, 2.45) is 0 Å². The SMILES string of the molecule is CCCCCCCCCCCCCCC(=O)[O-].O=[N+]([O-])[O-].[NH2-].[NH2-].[Pt+4].c1ccc2c(c1)cnc1ccccc12. The molecule has 38 heavy (non-hydrogen) atoms. The van der Waals surface area contributed by atoms with Gasteiger partial charge in [-0.25, -0.2) is 0 Å². The standard InChI is InChI=1S/C15H30O2.C13H9N.NO3.2H2N.Pt/c1-2-3-4-5-6-7-8-9-10-11-12-13-14-15(16)17;1-2-6-11-10(5-1)9-14-13-8-4-3-7-12(11)13;2-1(3)4;;;/h2-14H2,1H3,(H,16,17);1-9H;;2*1H2;/q;;3*-1;+4/p-1. The topological polar surface area (TPSA) is 186 Å². The number of aliphatic carboxylic acids is 1. The van der Waals surface area contributed by atoms with Gasteiger partial charge in [0.05, 0.1) is 10.6 Å². The summed E-state index contributed by atoms with van der Waals surface area (Å²) in [4.78, 5) is 22.8. The summed E-state index contributed by atoms with van der Waals surface area (Å²) in [6.07, 6.45) is 17.4. The van der Waals surface area contributed by atoms with Crippen molar-refractivity contribution in [3.8, 4) is 0 Å². The number of carboxylic acids is 1. The van der Waals surface area contributed by atoms with E-state index in [0.29, 0.717) is 0 Å². The summed E-state index contributed by atoms with van der Waals surface area (Å²) in [6.45, 7) is 2.25. The zero-order valence-corrected chi connectivity index (χ0v) is 24.6. The molecule has 9 nitrogen and oxygen atoms in total. The minimum atomic E-state index is -1.75. The molecule has 0 saturated carbocycles. The van der Waals surface area contributed by atoms with Gasteiger partial charge in [0.1, 0.15) is 0 Å². The number of hydrogen-bond donors (Lipinski definition) is 0. The van der Waals surface area contributed by atoms with Crippen LogP contribution in [0.15, 0.2) is 54.7 Å². The number of fused-ring (bicyclic) bond motifs is 3. The van der Waals surface area contributed by atoms with E-state index in [1.165, 1.54) is 80.4 Å². The number of rotatable bonds is 13. The molecule has 0 amide bonds. The molecule has 0 aliphatic rings. The van der Waals surface area contributed by atoms with Crippen LogP contribution in [0.3, 0.4) is 0 Å². The summed E-state index contributed by atoms with van der Waals surface area (Å²) in [5.41, 5.74) is 1.06. The number of carboxylic acid groups (broad SMARTS) is 1. The number of carbonyl (C=O) groups excluding carboxylic acids is 1. The molecule has 0 radical (unpaired) electrons. The number of unbranched alkanes of at least 4 members (excludes halogenated alkanes) is 11. The maximum atomic E-state index is 10.2. The van der Waals surface area contributed by atoms with Crippen LogP contribution in [0.25, 0.3) is 34.0 Å². The molecule has 4 N–H and O–H groups in total. The second-order valence-corrected chi connectivity index (χ2v) is 8.60. The first-order valence-electron chi connectivity index (χ1n) is 12.7. The van der Waals surface area contributed by atoms with Gasteiger partial charge in [-0.1, -0.05) is 120 Å². The van der Waals surface area contributed by atoms with Gasteiger partial charge in [-0.05, 0) is 24.3 Å². The Morgan fingerprint density at radius 1 is 0.737 bits per heavy atom. The first-order chi connectivity index (χ1) is 17.0. The molecule has 0 aliphatic heterocycles. The summed E-state index contributed by atoms with van der Waals surface area (Å²) in [6, 6.07) is 16.6. The number of nitrogens with two attached hydrogens (primary N) is 2. The predicted molar refractivity (Wildman–Crippen MR) is 151 cm³/mol. The molecule has 0 fully saturated rings. The van der Waals surface area contributed by atoms with Gasteiger partial charge in [0.2, 0.25) is 0 Å². The van der Waals surface area contributed by atoms with Crippen molar-refractivity contribution in [1.82, 2.24) is 4.98 Å². The monoisotopic (exact) mass is 709 g/mol. The van der Waals surface area contributed by atoms with Crippen molar-refractivity contribution in [2.75, 3.05) is 0 Å². The third-order valence-corrected chi connectivity index (χ3v) is 5.73. The summed E-state index contributed by atoms with van der Waals surface area (Å²) >= 11 is 0. The Bertz CT molecular complexity index is 948. The van der Waals surface area contributed by atoms with Crippen molar-refractivity contribution in [1.29, 1.82) is 0 Å². The van der Waals surface area contributed by atoms with Crippen LogP contribution in [0.1, 0.15) is 90.4 Å². The van der Waals surface area contributed by atoms with Crippen LogP contribution in [0.2, 0.25) is 0 Å². The van der Waals surface area contributed by atoms with Gasteiger partial charge in [-0.3, -0.25) is 4.98 Å². The first kappa shape index (κ1) is 39.9. The predicted octanol–water partition coefficient (Wildman–Crippen LogP) is 8.41. The van der Waals surface area contributed by atoms with Crippen LogP contribution in [-0.4, -0.2) is 16.0 Å². The average Bonchev–Trinajstić information content (AvgIpc) is 2.84. The Morgan fingerprint density at radius 3 is 1.66 bits per heavy atom. The molecule has 10 heteroatoms. The van der Waals surface area contributed by atoms with Crippen LogP contribution < -0.4 is 5.11 Å². The van der Waals surface area contributed by atoms with Crippen molar-refractivity contribution in [3.05, 3.63) is 82.4 Å². The van der Waals surface area contributed by atoms with Gasteiger partial charge in [0, 0.05) is 22.9 Å². The molecular weight excluding hydrogens is 667 g/mol. The minimum Gasteiger partial charge on any atom is -0.693 e. The molecule has 3 aromatic rings. The number of pyridine rings is 1. The Hall–Kier alpha value is -2.61. The number of nitrogens with zero attached hydrogens (tertiary/aromatic N) is 2. The summed E-state index contributed by atoms with van der Waals surface area (Å²) in [7, 11) is 0. The van der Waals surface area contributed by atoms with Crippen molar-refractivity contribution in [3.63, 3.8) is 0 Å². The number of carbonyl (C=O) groups is 1. The summed E-state index contributed by atoms with van der Waals surface area (Å²) in [5.74, 6) is -0.905. The average molecular weight is 710 g/mol. The van der Waals surface area contributed by atoms with E-state index in [2.05, 4.69) is 42.2 Å². The number of benzene rings is 2. The molecule has 3 rings (SSSR count). The second kappa shape index (κ2) is 26.0. The van der Waals surface area contributed by atoms with Crippen LogP contribution in [0.4, 0.5) is 0 Å². The first-order valence-corrected chi connectivity index (χ1v) is 12.7. The molecule has 2 aromatic carbocycles. The fourth-order valence-electron chi connectivity index (χ4n) is 3.92. The van der Waals surface area contributed by atoms with Crippen LogP contribution in [0.5, 0.6) is 0 Å². The van der Waals surface area contributed by atoms with E-state index in [-0.39, 0.29) is 39.8 Å². The van der Waals surface area contributed by atoms with Gasteiger partial charge >= 0.3 is 21.1 Å². The summed E-state index contributed by atoms with van der Waals surface area (Å²) in [5, 5.41) is 28.6. The van der Waals surface area contributed by atoms with E-state index in [1.807, 2.05) is 24.4 Å². The van der Waals surface area contributed by atoms with Crippen molar-refractivity contribution >= 4 is 27.6 Å². The molecular formula is C28H42N4O5Pt. The van der Waals surface area contributed by atoms with Gasteiger partial charge in [-0.15, -0.1) is 0 Å². The second-order valence-electron chi connectivity index (χ2n) is 8.60. The zero-order valence-electron chi connectivity index (χ0n) is 22.3. The number of aromatic nitrogens is 1. The smallest absolute Gasteiger partial charge is 0.693 e. The Labute approximate surface area is 241 Å². The Balaban J connectivity index is -0.000000531. The van der Waals surface area contributed by atoms with Gasteiger partial charge < -0.3 is 37.5 Å². The fraction of sp³-hybridized carbons (Fsp3) is 0.500. The molecule has 0 bridgehead atoms. The number of hydrogen-bond acceptors (Lipinski definition) is 6. The number of para-hydroxylation sites is 1. The molecule has 0 unspecified atom stereocenters. The van der Waals surface area contributed by atoms with E-state index in [4.69, 9.17) is 15.3 Å². The third kappa shape index (κ3) is 19.5. The molecule has 0 spiro atoms. The van der Waals surface area contributed by atoms with Crippen LogP contribution >= 0.6 is 0 Å².